The number of hydrogen-bond acceptors (Lipinski definition) is 5. The summed E-state index contributed by atoms with van der Waals surface area (Å²) in [6, 6.07) is 10.1. The zero-order valence-corrected chi connectivity index (χ0v) is 11.7. The number of nitrogens with zero attached hydrogens (tertiary/aromatic N) is 4. The van der Waals surface area contributed by atoms with E-state index in [1.807, 2.05) is 31.2 Å². The van der Waals surface area contributed by atoms with E-state index in [4.69, 9.17) is 5.73 Å². The standard InChI is InChI=1S/C15H19N5/c1-12-10-15(18-11-17-12)20-8-6-19(7-9-20)14-5-3-2-4-13(14)16/h2-5,10-11H,6-9,16H2,1H3. The zero-order chi connectivity index (χ0) is 13.9. The molecule has 0 saturated carbocycles. The third-order valence-corrected chi connectivity index (χ3v) is 3.67. The maximum Gasteiger partial charge on any atom is 0.132 e. The van der Waals surface area contributed by atoms with Gasteiger partial charge in [0.1, 0.15) is 12.1 Å². The quantitative estimate of drug-likeness (QED) is 0.841. The van der Waals surface area contributed by atoms with E-state index in [-0.39, 0.29) is 0 Å². The molecular formula is C15H19N5. The van der Waals surface area contributed by atoms with Gasteiger partial charge < -0.3 is 15.5 Å². The molecule has 0 amide bonds. The van der Waals surface area contributed by atoms with Crippen LogP contribution in [-0.4, -0.2) is 36.1 Å². The first-order valence-electron chi connectivity index (χ1n) is 6.87. The summed E-state index contributed by atoms with van der Waals surface area (Å²) >= 11 is 0. The van der Waals surface area contributed by atoms with Crippen LogP contribution in [0.5, 0.6) is 0 Å². The minimum absolute atomic E-state index is 0.846. The maximum atomic E-state index is 6.04. The van der Waals surface area contributed by atoms with Gasteiger partial charge in [-0.3, -0.25) is 0 Å². The van der Waals surface area contributed by atoms with Crippen molar-refractivity contribution in [3.05, 3.63) is 42.4 Å². The van der Waals surface area contributed by atoms with Crippen LogP contribution in [0.25, 0.3) is 0 Å². The van der Waals surface area contributed by atoms with Gasteiger partial charge in [-0.25, -0.2) is 9.97 Å². The lowest BCUT2D eigenvalue weighted by molar-refractivity contribution is 0.647. The Labute approximate surface area is 119 Å². The van der Waals surface area contributed by atoms with E-state index in [2.05, 4.69) is 25.8 Å². The minimum atomic E-state index is 0.846. The summed E-state index contributed by atoms with van der Waals surface area (Å²) in [6.07, 6.45) is 1.63. The van der Waals surface area contributed by atoms with Gasteiger partial charge in [-0.2, -0.15) is 0 Å². The van der Waals surface area contributed by atoms with Crippen molar-refractivity contribution in [2.75, 3.05) is 41.7 Å². The van der Waals surface area contributed by atoms with E-state index in [0.717, 1.165) is 49.1 Å². The van der Waals surface area contributed by atoms with Crippen LogP contribution in [0.3, 0.4) is 0 Å². The van der Waals surface area contributed by atoms with Gasteiger partial charge in [0.15, 0.2) is 0 Å². The molecular weight excluding hydrogens is 250 g/mol. The van der Waals surface area contributed by atoms with E-state index in [1.165, 1.54) is 0 Å². The van der Waals surface area contributed by atoms with Gasteiger partial charge in [-0.05, 0) is 19.1 Å². The molecule has 0 unspecified atom stereocenters. The molecule has 104 valence electrons. The first-order valence-corrected chi connectivity index (χ1v) is 6.87. The predicted octanol–water partition coefficient (Wildman–Crippen LogP) is 1.69. The van der Waals surface area contributed by atoms with Crippen LogP contribution < -0.4 is 15.5 Å². The third kappa shape index (κ3) is 2.52. The van der Waals surface area contributed by atoms with E-state index in [9.17, 15) is 0 Å². The second-order valence-corrected chi connectivity index (χ2v) is 5.05. The van der Waals surface area contributed by atoms with Gasteiger partial charge in [0.2, 0.25) is 0 Å². The Morgan fingerprint density at radius 1 is 1.00 bits per heavy atom. The molecule has 5 nitrogen and oxygen atoms in total. The van der Waals surface area contributed by atoms with Crippen molar-refractivity contribution in [3.63, 3.8) is 0 Å². The van der Waals surface area contributed by atoms with Crippen LogP contribution in [0.15, 0.2) is 36.7 Å². The highest BCUT2D eigenvalue weighted by molar-refractivity contribution is 5.67. The lowest BCUT2D eigenvalue weighted by Gasteiger charge is -2.37. The number of nitrogens with two attached hydrogens (primary N) is 1. The number of aryl methyl sites for hydroxylation is 1. The molecule has 1 fully saturated rings. The fourth-order valence-electron chi connectivity index (χ4n) is 2.57. The summed E-state index contributed by atoms with van der Waals surface area (Å²) in [7, 11) is 0. The highest BCUT2D eigenvalue weighted by atomic mass is 15.3. The fourth-order valence-corrected chi connectivity index (χ4v) is 2.57. The van der Waals surface area contributed by atoms with Crippen molar-refractivity contribution in [3.8, 4) is 0 Å². The molecule has 1 saturated heterocycles. The normalized spacial score (nSPS) is 15.4. The molecule has 2 N–H and O–H groups in total. The Hall–Kier alpha value is -2.30. The molecule has 0 aliphatic carbocycles. The number of para-hydroxylation sites is 2. The average molecular weight is 269 g/mol. The van der Waals surface area contributed by atoms with Crippen molar-refractivity contribution in [2.45, 2.75) is 6.92 Å². The van der Waals surface area contributed by atoms with Gasteiger partial charge in [0.25, 0.3) is 0 Å². The molecule has 0 radical (unpaired) electrons. The SMILES string of the molecule is Cc1cc(N2CCN(c3ccccc3N)CC2)ncn1. The number of piperazine rings is 1. The molecule has 20 heavy (non-hydrogen) atoms. The summed E-state index contributed by atoms with van der Waals surface area (Å²) in [5.41, 5.74) is 9.02. The first-order chi connectivity index (χ1) is 9.74. The number of benzene rings is 1. The largest absolute Gasteiger partial charge is 0.397 e. The van der Waals surface area contributed by atoms with Crippen LogP contribution in [-0.2, 0) is 0 Å². The smallest absolute Gasteiger partial charge is 0.132 e. The Kier molecular flexibility index (Phi) is 3.41. The summed E-state index contributed by atoms with van der Waals surface area (Å²) < 4.78 is 0. The molecule has 2 heterocycles. The van der Waals surface area contributed by atoms with Crippen LogP contribution >= 0.6 is 0 Å². The molecule has 0 atom stereocenters. The number of anilines is 3. The molecule has 0 bridgehead atoms. The van der Waals surface area contributed by atoms with Gasteiger partial charge >= 0.3 is 0 Å². The molecule has 0 spiro atoms. The molecule has 1 aromatic heterocycles. The Balaban J connectivity index is 1.70. The van der Waals surface area contributed by atoms with Crippen LogP contribution in [0, 0.1) is 6.92 Å². The summed E-state index contributed by atoms with van der Waals surface area (Å²) in [4.78, 5) is 13.1. The van der Waals surface area contributed by atoms with Gasteiger partial charge in [0, 0.05) is 37.9 Å². The van der Waals surface area contributed by atoms with Crippen molar-refractivity contribution in [1.82, 2.24) is 9.97 Å². The van der Waals surface area contributed by atoms with E-state index in [1.54, 1.807) is 6.33 Å². The number of nitrogen functional groups attached to an aromatic ring is 1. The van der Waals surface area contributed by atoms with E-state index in [0.29, 0.717) is 0 Å². The van der Waals surface area contributed by atoms with Crippen LogP contribution in [0.4, 0.5) is 17.2 Å². The number of rotatable bonds is 2. The first kappa shape index (κ1) is 12.7. The molecule has 1 aliphatic heterocycles. The highest BCUT2D eigenvalue weighted by Gasteiger charge is 2.19. The topological polar surface area (TPSA) is 58.3 Å². The lowest BCUT2D eigenvalue weighted by Crippen LogP contribution is -2.47. The van der Waals surface area contributed by atoms with Crippen molar-refractivity contribution in [2.24, 2.45) is 0 Å². The maximum absolute atomic E-state index is 6.04. The average Bonchev–Trinajstić information content (AvgIpc) is 2.48. The molecule has 5 heteroatoms. The van der Waals surface area contributed by atoms with Crippen molar-refractivity contribution >= 4 is 17.2 Å². The zero-order valence-electron chi connectivity index (χ0n) is 11.7. The Bertz CT molecular complexity index is 590. The third-order valence-electron chi connectivity index (χ3n) is 3.67. The Morgan fingerprint density at radius 2 is 1.70 bits per heavy atom. The summed E-state index contributed by atoms with van der Waals surface area (Å²) in [5.74, 6) is 1.01. The van der Waals surface area contributed by atoms with E-state index < -0.39 is 0 Å². The second kappa shape index (κ2) is 5.36. The molecule has 3 rings (SSSR count). The van der Waals surface area contributed by atoms with Crippen LogP contribution in [0.1, 0.15) is 5.69 Å². The van der Waals surface area contributed by atoms with Crippen molar-refractivity contribution in [1.29, 1.82) is 0 Å². The van der Waals surface area contributed by atoms with E-state index >= 15 is 0 Å². The second-order valence-electron chi connectivity index (χ2n) is 5.05. The van der Waals surface area contributed by atoms with Crippen LogP contribution in [0.2, 0.25) is 0 Å². The number of aromatic nitrogens is 2. The monoisotopic (exact) mass is 269 g/mol. The molecule has 1 aliphatic rings. The molecule has 2 aromatic rings. The fraction of sp³-hybridized carbons (Fsp3) is 0.333. The van der Waals surface area contributed by atoms with Crippen molar-refractivity contribution < 1.29 is 0 Å². The number of hydrogen-bond donors (Lipinski definition) is 1. The van der Waals surface area contributed by atoms with Gasteiger partial charge in [-0.1, -0.05) is 12.1 Å². The molecule has 1 aromatic carbocycles. The summed E-state index contributed by atoms with van der Waals surface area (Å²) in [6.45, 7) is 5.80. The minimum Gasteiger partial charge on any atom is -0.397 e. The predicted molar refractivity (Wildman–Crippen MR) is 82.0 cm³/mol. The lowest BCUT2D eigenvalue weighted by atomic mass is 10.2. The highest BCUT2D eigenvalue weighted by Crippen LogP contribution is 2.24. The van der Waals surface area contributed by atoms with Gasteiger partial charge in [-0.15, -0.1) is 0 Å². The summed E-state index contributed by atoms with van der Waals surface area (Å²) in [5, 5.41) is 0. The Morgan fingerprint density at radius 3 is 2.40 bits per heavy atom. The van der Waals surface area contributed by atoms with Gasteiger partial charge in [0.05, 0.1) is 11.4 Å².